The Balaban J connectivity index is 1.79. The molecule has 4 nitrogen and oxygen atoms in total. The number of carbonyl (C=O) groups is 1. The summed E-state index contributed by atoms with van der Waals surface area (Å²) in [6.45, 7) is 7.78. The fraction of sp³-hybridized carbons (Fsp3) is 0.273. The predicted molar refractivity (Wildman–Crippen MR) is 113 cm³/mol. The number of amides is 1. The molecule has 2 aromatic carbocycles. The number of thiazole rings is 1. The molecule has 27 heavy (non-hydrogen) atoms. The number of hydrogen-bond acceptors (Lipinski definition) is 4. The smallest absolute Gasteiger partial charge is 0.246 e. The Labute approximate surface area is 164 Å². The van der Waals surface area contributed by atoms with Gasteiger partial charge in [0.25, 0.3) is 0 Å². The van der Waals surface area contributed by atoms with Crippen LogP contribution in [0.2, 0.25) is 0 Å². The Kier molecular flexibility index (Phi) is 6.37. The van der Waals surface area contributed by atoms with Crippen molar-refractivity contribution >= 4 is 22.9 Å². The molecule has 1 unspecified atom stereocenters. The van der Waals surface area contributed by atoms with Gasteiger partial charge in [-0.2, -0.15) is 0 Å². The number of anilines is 1. The molecule has 1 N–H and O–H groups in total. The maximum Gasteiger partial charge on any atom is 0.246 e. The zero-order valence-corrected chi connectivity index (χ0v) is 16.8. The van der Waals surface area contributed by atoms with Crippen LogP contribution in [0.15, 0.2) is 60.0 Å². The van der Waals surface area contributed by atoms with Gasteiger partial charge in [0, 0.05) is 16.6 Å². The van der Waals surface area contributed by atoms with Crippen molar-refractivity contribution in [2.75, 3.05) is 18.4 Å². The van der Waals surface area contributed by atoms with E-state index in [0.717, 1.165) is 40.6 Å². The molecule has 3 aromatic rings. The van der Waals surface area contributed by atoms with Gasteiger partial charge in [0.2, 0.25) is 5.91 Å². The molecule has 1 heterocycles. The molecule has 1 atom stereocenters. The number of likely N-dealkylation sites (N-methyl/N-ethyl adjacent to an activating group) is 1. The molecule has 0 bridgehead atoms. The van der Waals surface area contributed by atoms with Crippen molar-refractivity contribution in [1.82, 2.24) is 9.88 Å². The van der Waals surface area contributed by atoms with Crippen molar-refractivity contribution in [2.24, 2.45) is 0 Å². The third kappa shape index (κ3) is 4.62. The Morgan fingerprint density at radius 1 is 1.07 bits per heavy atom. The van der Waals surface area contributed by atoms with E-state index < -0.39 is 0 Å². The standard InChI is InChI=1S/C22H25N3OS/c1-4-25(5-2)21(18-9-7-6-8-10-18)22(26)24-19-13-11-17(12-14-19)20-15-27-16(3)23-20/h6-15,21H,4-5H2,1-3H3,(H,24,26). The summed E-state index contributed by atoms with van der Waals surface area (Å²) in [7, 11) is 0. The average molecular weight is 380 g/mol. The van der Waals surface area contributed by atoms with Crippen molar-refractivity contribution < 1.29 is 4.79 Å². The van der Waals surface area contributed by atoms with Crippen molar-refractivity contribution in [2.45, 2.75) is 26.8 Å². The quantitative estimate of drug-likeness (QED) is 0.618. The molecule has 0 aliphatic rings. The average Bonchev–Trinajstić information content (AvgIpc) is 3.13. The van der Waals surface area contributed by atoms with Crippen molar-refractivity contribution in [1.29, 1.82) is 0 Å². The largest absolute Gasteiger partial charge is 0.324 e. The maximum atomic E-state index is 13.1. The van der Waals surface area contributed by atoms with Gasteiger partial charge in [-0.1, -0.05) is 56.3 Å². The first-order valence-electron chi connectivity index (χ1n) is 9.24. The molecule has 0 radical (unpaired) electrons. The minimum atomic E-state index is -0.304. The van der Waals surface area contributed by atoms with Gasteiger partial charge in [0.1, 0.15) is 6.04 Å². The van der Waals surface area contributed by atoms with Gasteiger partial charge in [-0.25, -0.2) is 4.98 Å². The van der Waals surface area contributed by atoms with Crippen molar-refractivity contribution in [3.05, 3.63) is 70.5 Å². The van der Waals surface area contributed by atoms with Crippen LogP contribution in [0.3, 0.4) is 0 Å². The fourth-order valence-electron chi connectivity index (χ4n) is 3.18. The SMILES string of the molecule is CCN(CC)C(C(=O)Nc1ccc(-c2csc(C)n2)cc1)c1ccccc1. The lowest BCUT2D eigenvalue weighted by Gasteiger charge is -2.29. The van der Waals surface area contributed by atoms with Crippen LogP contribution in [0.25, 0.3) is 11.3 Å². The van der Waals surface area contributed by atoms with E-state index in [9.17, 15) is 4.79 Å². The Bertz CT molecular complexity index is 870. The minimum Gasteiger partial charge on any atom is -0.324 e. The second-order valence-electron chi connectivity index (χ2n) is 6.35. The second kappa shape index (κ2) is 8.93. The first-order valence-corrected chi connectivity index (χ1v) is 10.1. The predicted octanol–water partition coefficient (Wildman–Crippen LogP) is 5.14. The lowest BCUT2D eigenvalue weighted by atomic mass is 10.0. The summed E-state index contributed by atoms with van der Waals surface area (Å²) in [6, 6.07) is 17.5. The van der Waals surface area contributed by atoms with Gasteiger partial charge in [0.05, 0.1) is 10.7 Å². The Hall–Kier alpha value is -2.50. The van der Waals surface area contributed by atoms with Crippen LogP contribution in [0.4, 0.5) is 5.69 Å². The van der Waals surface area contributed by atoms with Crippen molar-refractivity contribution in [3.8, 4) is 11.3 Å². The number of aryl methyl sites for hydroxylation is 1. The van der Waals surface area contributed by atoms with E-state index in [2.05, 4.69) is 34.4 Å². The van der Waals surface area contributed by atoms with Crippen LogP contribution >= 0.6 is 11.3 Å². The first-order chi connectivity index (χ1) is 13.1. The number of rotatable bonds is 7. The summed E-state index contributed by atoms with van der Waals surface area (Å²) in [4.78, 5) is 19.7. The molecule has 1 aromatic heterocycles. The number of aromatic nitrogens is 1. The number of nitrogens with zero attached hydrogens (tertiary/aromatic N) is 2. The van der Waals surface area contributed by atoms with Gasteiger partial charge in [-0.15, -0.1) is 11.3 Å². The van der Waals surface area contributed by atoms with Gasteiger partial charge in [0.15, 0.2) is 0 Å². The van der Waals surface area contributed by atoms with Gasteiger partial charge in [-0.05, 0) is 37.7 Å². The summed E-state index contributed by atoms with van der Waals surface area (Å²) in [5, 5.41) is 6.17. The highest BCUT2D eigenvalue weighted by molar-refractivity contribution is 7.09. The maximum absolute atomic E-state index is 13.1. The highest BCUT2D eigenvalue weighted by atomic mass is 32.1. The van der Waals surface area contributed by atoms with Crippen LogP contribution in [0.5, 0.6) is 0 Å². The summed E-state index contributed by atoms with van der Waals surface area (Å²) in [5.74, 6) is -0.0119. The normalized spacial score (nSPS) is 12.1. The number of carbonyl (C=O) groups excluding carboxylic acids is 1. The van der Waals surface area contributed by atoms with Crippen LogP contribution in [0, 0.1) is 6.92 Å². The molecule has 5 heteroatoms. The van der Waals surface area contributed by atoms with Gasteiger partial charge < -0.3 is 5.32 Å². The van der Waals surface area contributed by atoms with E-state index in [4.69, 9.17) is 0 Å². The molecule has 3 rings (SSSR count). The number of hydrogen-bond donors (Lipinski definition) is 1. The van der Waals surface area contributed by atoms with Crippen LogP contribution in [0.1, 0.15) is 30.5 Å². The molecule has 0 spiro atoms. The molecule has 0 aliphatic carbocycles. The zero-order valence-electron chi connectivity index (χ0n) is 16.0. The van der Waals surface area contributed by atoms with E-state index in [1.54, 1.807) is 11.3 Å². The Morgan fingerprint density at radius 2 is 1.74 bits per heavy atom. The zero-order chi connectivity index (χ0) is 19.2. The molecule has 0 saturated carbocycles. The third-order valence-electron chi connectivity index (χ3n) is 4.61. The summed E-state index contributed by atoms with van der Waals surface area (Å²) in [6.07, 6.45) is 0. The van der Waals surface area contributed by atoms with Crippen LogP contribution < -0.4 is 5.32 Å². The summed E-state index contributed by atoms with van der Waals surface area (Å²) < 4.78 is 0. The van der Waals surface area contributed by atoms with E-state index >= 15 is 0 Å². The Morgan fingerprint density at radius 3 is 2.30 bits per heavy atom. The lowest BCUT2D eigenvalue weighted by molar-refractivity contribution is -0.121. The molecule has 140 valence electrons. The third-order valence-corrected chi connectivity index (χ3v) is 5.38. The first kappa shape index (κ1) is 19.3. The molecule has 1 amide bonds. The van der Waals surface area contributed by atoms with Crippen LogP contribution in [-0.2, 0) is 4.79 Å². The lowest BCUT2D eigenvalue weighted by Crippen LogP contribution is -2.37. The molecular formula is C22H25N3OS. The molecule has 0 fully saturated rings. The minimum absolute atomic E-state index is 0.0119. The molecular weight excluding hydrogens is 354 g/mol. The van der Waals surface area contributed by atoms with Crippen molar-refractivity contribution in [3.63, 3.8) is 0 Å². The summed E-state index contributed by atoms with van der Waals surface area (Å²) >= 11 is 1.64. The fourth-order valence-corrected chi connectivity index (χ4v) is 3.81. The molecule has 0 saturated heterocycles. The highest BCUT2D eigenvalue weighted by Gasteiger charge is 2.25. The van der Waals surface area contributed by atoms with E-state index in [0.29, 0.717) is 0 Å². The van der Waals surface area contributed by atoms with Crippen LogP contribution in [-0.4, -0.2) is 28.9 Å². The van der Waals surface area contributed by atoms with Gasteiger partial charge in [-0.3, -0.25) is 9.69 Å². The number of nitrogens with one attached hydrogen (secondary N) is 1. The highest BCUT2D eigenvalue weighted by Crippen LogP contribution is 2.25. The van der Waals surface area contributed by atoms with E-state index in [-0.39, 0.29) is 11.9 Å². The topological polar surface area (TPSA) is 45.2 Å². The number of benzene rings is 2. The summed E-state index contributed by atoms with van der Waals surface area (Å²) in [5.41, 5.74) is 3.83. The monoisotopic (exact) mass is 379 g/mol. The molecule has 0 aliphatic heterocycles. The van der Waals surface area contributed by atoms with E-state index in [1.807, 2.05) is 61.5 Å². The van der Waals surface area contributed by atoms with E-state index in [1.165, 1.54) is 0 Å². The second-order valence-corrected chi connectivity index (χ2v) is 7.42. The van der Waals surface area contributed by atoms with Gasteiger partial charge >= 0.3 is 0 Å².